The second-order valence-corrected chi connectivity index (χ2v) is 5.97. The molecule has 0 spiro atoms. The predicted molar refractivity (Wildman–Crippen MR) is 70.0 cm³/mol. The van der Waals surface area contributed by atoms with E-state index in [4.69, 9.17) is 6.42 Å². The van der Waals surface area contributed by atoms with Crippen LogP contribution in [-0.2, 0) is 0 Å². The maximum atomic E-state index is 5.51. The molecule has 2 aliphatic carbocycles. The molecular weight excluding hydrogens is 192 g/mol. The molecule has 0 bridgehead atoms. The van der Waals surface area contributed by atoms with Crippen molar-refractivity contribution in [3.63, 3.8) is 0 Å². The summed E-state index contributed by atoms with van der Waals surface area (Å²) in [5, 5.41) is 0. The highest BCUT2D eigenvalue weighted by Gasteiger charge is 2.29. The van der Waals surface area contributed by atoms with E-state index < -0.39 is 0 Å². The molecule has 0 aliphatic heterocycles. The van der Waals surface area contributed by atoms with E-state index in [-0.39, 0.29) is 0 Å². The number of terminal acetylenes is 1. The van der Waals surface area contributed by atoms with Gasteiger partial charge in [0.1, 0.15) is 0 Å². The summed E-state index contributed by atoms with van der Waals surface area (Å²) >= 11 is 0. The lowest BCUT2D eigenvalue weighted by Gasteiger charge is -2.36. The Bertz CT molecular complexity index is 231. The van der Waals surface area contributed by atoms with Gasteiger partial charge in [-0.15, -0.1) is 12.3 Å². The molecule has 2 aliphatic rings. The molecule has 0 amide bonds. The first-order chi connectivity index (χ1) is 7.83. The molecule has 2 saturated carbocycles. The van der Waals surface area contributed by atoms with Crippen molar-refractivity contribution in [1.82, 2.24) is 0 Å². The van der Waals surface area contributed by atoms with Gasteiger partial charge in [0, 0.05) is 5.92 Å². The summed E-state index contributed by atoms with van der Waals surface area (Å²) in [6.07, 6.45) is 18.3. The van der Waals surface area contributed by atoms with Gasteiger partial charge in [-0.05, 0) is 56.3 Å². The van der Waals surface area contributed by atoms with Gasteiger partial charge in [0.25, 0.3) is 0 Å². The molecule has 0 heterocycles. The third-order valence-corrected chi connectivity index (χ3v) is 5.14. The number of hydrogen-bond donors (Lipinski definition) is 0. The zero-order valence-electron chi connectivity index (χ0n) is 10.8. The smallest absolute Gasteiger partial charge is 0.0200 e. The van der Waals surface area contributed by atoms with Crippen molar-refractivity contribution in [3.8, 4) is 12.3 Å². The van der Waals surface area contributed by atoms with Crippen molar-refractivity contribution < 1.29 is 0 Å². The molecular formula is C16H26. The number of hydrogen-bond acceptors (Lipinski definition) is 0. The summed E-state index contributed by atoms with van der Waals surface area (Å²) in [7, 11) is 0. The summed E-state index contributed by atoms with van der Waals surface area (Å²) in [5.74, 6) is 6.64. The predicted octanol–water partition coefficient (Wildman–Crippen LogP) is 4.64. The Labute approximate surface area is 101 Å². The molecule has 0 atom stereocenters. The van der Waals surface area contributed by atoms with Gasteiger partial charge in [-0.1, -0.05) is 26.2 Å². The largest absolute Gasteiger partial charge is 0.120 e. The Morgan fingerprint density at radius 1 is 0.875 bits per heavy atom. The fraction of sp³-hybridized carbons (Fsp3) is 0.875. The number of rotatable bonds is 2. The highest BCUT2D eigenvalue weighted by atomic mass is 14.3. The maximum absolute atomic E-state index is 5.51. The monoisotopic (exact) mass is 218 g/mol. The van der Waals surface area contributed by atoms with E-state index in [9.17, 15) is 0 Å². The van der Waals surface area contributed by atoms with Crippen molar-refractivity contribution in [2.45, 2.75) is 64.7 Å². The fourth-order valence-electron chi connectivity index (χ4n) is 3.83. The van der Waals surface area contributed by atoms with Crippen molar-refractivity contribution in [3.05, 3.63) is 0 Å². The van der Waals surface area contributed by atoms with Crippen LogP contribution in [0, 0.1) is 36.0 Å². The normalized spacial score (nSPS) is 40.2. The summed E-state index contributed by atoms with van der Waals surface area (Å²) in [6, 6.07) is 0. The summed E-state index contributed by atoms with van der Waals surface area (Å²) in [4.78, 5) is 0. The minimum Gasteiger partial charge on any atom is -0.120 e. The summed E-state index contributed by atoms with van der Waals surface area (Å²) in [5.41, 5.74) is 0. The SMILES string of the molecule is C#CC1CCC(C2CCC(CC)CC2)CC1. The quantitative estimate of drug-likeness (QED) is 0.592. The minimum atomic E-state index is 0.600. The van der Waals surface area contributed by atoms with Crippen molar-refractivity contribution in [1.29, 1.82) is 0 Å². The average Bonchev–Trinajstić information content (AvgIpc) is 2.39. The van der Waals surface area contributed by atoms with Crippen LogP contribution in [0.4, 0.5) is 0 Å². The molecule has 0 radical (unpaired) electrons. The molecule has 0 saturated heterocycles. The standard InChI is InChI=1S/C16H26/c1-3-13-5-9-15(10-6-13)16-11-7-14(4-2)8-12-16/h1,13-16H,4-12H2,2H3. The molecule has 0 nitrogen and oxygen atoms in total. The first-order valence-corrected chi connectivity index (χ1v) is 7.29. The lowest BCUT2D eigenvalue weighted by Crippen LogP contribution is -2.25. The fourth-order valence-corrected chi connectivity index (χ4v) is 3.83. The van der Waals surface area contributed by atoms with Gasteiger partial charge in [-0.25, -0.2) is 0 Å². The van der Waals surface area contributed by atoms with Crippen LogP contribution in [0.5, 0.6) is 0 Å². The van der Waals surface area contributed by atoms with Crippen LogP contribution in [0.15, 0.2) is 0 Å². The van der Waals surface area contributed by atoms with Crippen LogP contribution < -0.4 is 0 Å². The highest BCUT2D eigenvalue weighted by molar-refractivity contribution is 4.96. The Hall–Kier alpha value is -0.440. The van der Waals surface area contributed by atoms with Gasteiger partial charge in [-0.2, -0.15) is 0 Å². The van der Waals surface area contributed by atoms with E-state index in [0.717, 1.165) is 17.8 Å². The van der Waals surface area contributed by atoms with E-state index in [2.05, 4.69) is 12.8 Å². The van der Waals surface area contributed by atoms with Crippen molar-refractivity contribution in [2.24, 2.45) is 23.7 Å². The molecule has 0 unspecified atom stereocenters. The Balaban J connectivity index is 1.76. The van der Waals surface area contributed by atoms with E-state index in [1.54, 1.807) is 0 Å². The van der Waals surface area contributed by atoms with Gasteiger partial charge in [-0.3, -0.25) is 0 Å². The topological polar surface area (TPSA) is 0 Å². The summed E-state index contributed by atoms with van der Waals surface area (Å²) < 4.78 is 0. The third kappa shape index (κ3) is 2.82. The molecule has 0 heteroatoms. The van der Waals surface area contributed by atoms with Crippen LogP contribution in [-0.4, -0.2) is 0 Å². The highest BCUT2D eigenvalue weighted by Crippen LogP contribution is 2.41. The molecule has 0 N–H and O–H groups in total. The van der Waals surface area contributed by atoms with Crippen LogP contribution in [0.3, 0.4) is 0 Å². The van der Waals surface area contributed by atoms with Crippen LogP contribution in [0.25, 0.3) is 0 Å². The van der Waals surface area contributed by atoms with Gasteiger partial charge in [0.15, 0.2) is 0 Å². The second kappa shape index (κ2) is 5.76. The van der Waals surface area contributed by atoms with Gasteiger partial charge in [0.05, 0.1) is 0 Å². The molecule has 2 fully saturated rings. The molecule has 2 rings (SSSR count). The van der Waals surface area contributed by atoms with E-state index >= 15 is 0 Å². The first-order valence-electron chi connectivity index (χ1n) is 7.29. The lowest BCUT2D eigenvalue weighted by atomic mass is 9.69. The van der Waals surface area contributed by atoms with E-state index in [1.165, 1.54) is 57.8 Å². The van der Waals surface area contributed by atoms with Crippen molar-refractivity contribution in [2.75, 3.05) is 0 Å². The zero-order chi connectivity index (χ0) is 11.4. The Morgan fingerprint density at radius 3 is 1.81 bits per heavy atom. The third-order valence-electron chi connectivity index (χ3n) is 5.14. The molecule has 0 aromatic heterocycles. The van der Waals surface area contributed by atoms with E-state index in [1.807, 2.05) is 0 Å². The minimum absolute atomic E-state index is 0.600. The molecule has 16 heavy (non-hydrogen) atoms. The Morgan fingerprint density at radius 2 is 1.38 bits per heavy atom. The van der Waals surface area contributed by atoms with Gasteiger partial charge < -0.3 is 0 Å². The van der Waals surface area contributed by atoms with Crippen LogP contribution in [0.2, 0.25) is 0 Å². The van der Waals surface area contributed by atoms with E-state index in [0.29, 0.717) is 5.92 Å². The first kappa shape index (κ1) is 12.0. The van der Waals surface area contributed by atoms with Gasteiger partial charge in [0.2, 0.25) is 0 Å². The van der Waals surface area contributed by atoms with Crippen molar-refractivity contribution >= 4 is 0 Å². The average molecular weight is 218 g/mol. The van der Waals surface area contributed by atoms with Gasteiger partial charge >= 0.3 is 0 Å². The lowest BCUT2D eigenvalue weighted by molar-refractivity contribution is 0.156. The zero-order valence-corrected chi connectivity index (χ0v) is 10.8. The summed E-state index contributed by atoms with van der Waals surface area (Å²) in [6.45, 7) is 2.35. The van der Waals surface area contributed by atoms with Crippen LogP contribution >= 0.6 is 0 Å². The maximum Gasteiger partial charge on any atom is 0.0200 e. The molecule has 0 aromatic carbocycles. The Kier molecular flexibility index (Phi) is 4.33. The second-order valence-electron chi connectivity index (χ2n) is 5.97. The van der Waals surface area contributed by atoms with Crippen LogP contribution in [0.1, 0.15) is 64.7 Å². The molecule has 90 valence electrons. The molecule has 0 aromatic rings.